The van der Waals surface area contributed by atoms with Gasteiger partial charge in [0.2, 0.25) is 0 Å². The van der Waals surface area contributed by atoms with E-state index in [2.05, 4.69) is 50.0 Å². The molecule has 0 saturated carbocycles. The molecule has 126 valence electrons. The predicted molar refractivity (Wildman–Crippen MR) is 97.8 cm³/mol. The van der Waals surface area contributed by atoms with E-state index in [1.54, 1.807) is 6.08 Å². The summed E-state index contributed by atoms with van der Waals surface area (Å²) in [6.45, 7) is 8.37. The average Bonchev–Trinajstić information content (AvgIpc) is 2.60. The molecule has 1 N–H and O–H groups in total. The molecule has 0 aliphatic rings. The summed E-state index contributed by atoms with van der Waals surface area (Å²) in [5.41, 5.74) is 3.30. The number of nitrogens with one attached hydrogen (secondary N) is 1. The standard InChI is InChI=1S/C21H25NO2/c1-4-8-20(19-13-11-18(12-14-19)16(2)3)22-21(23)24-15-17-9-6-5-7-10-17/h4-7,9-14,16,20H,1,8,15H2,2-3H3,(H,22,23). The first-order valence-corrected chi connectivity index (χ1v) is 8.28. The van der Waals surface area contributed by atoms with E-state index in [9.17, 15) is 4.79 Å². The topological polar surface area (TPSA) is 38.3 Å². The smallest absolute Gasteiger partial charge is 0.407 e. The molecule has 1 atom stereocenters. The van der Waals surface area contributed by atoms with E-state index < -0.39 is 6.09 Å². The molecule has 3 heteroatoms. The van der Waals surface area contributed by atoms with Crippen LogP contribution in [0.5, 0.6) is 0 Å². The Morgan fingerprint density at radius 1 is 1.08 bits per heavy atom. The molecule has 0 heterocycles. The van der Waals surface area contributed by atoms with Gasteiger partial charge in [-0.25, -0.2) is 4.79 Å². The quantitative estimate of drug-likeness (QED) is 0.697. The summed E-state index contributed by atoms with van der Waals surface area (Å²) < 4.78 is 5.30. The monoisotopic (exact) mass is 323 g/mol. The van der Waals surface area contributed by atoms with Crippen LogP contribution in [-0.2, 0) is 11.3 Å². The predicted octanol–water partition coefficient (Wildman–Crippen LogP) is 5.35. The molecule has 0 bridgehead atoms. The zero-order valence-electron chi connectivity index (χ0n) is 14.4. The summed E-state index contributed by atoms with van der Waals surface area (Å²) in [4.78, 5) is 12.1. The fourth-order valence-corrected chi connectivity index (χ4v) is 2.47. The van der Waals surface area contributed by atoms with Crippen molar-refractivity contribution < 1.29 is 9.53 Å². The first-order valence-electron chi connectivity index (χ1n) is 8.28. The molecule has 0 aliphatic heterocycles. The molecule has 2 aromatic rings. The molecule has 0 radical (unpaired) electrons. The normalized spacial score (nSPS) is 11.8. The van der Waals surface area contributed by atoms with E-state index in [4.69, 9.17) is 4.74 Å². The van der Waals surface area contributed by atoms with E-state index in [0.717, 1.165) is 11.1 Å². The van der Waals surface area contributed by atoms with Gasteiger partial charge in [-0.2, -0.15) is 0 Å². The van der Waals surface area contributed by atoms with Crippen molar-refractivity contribution in [2.45, 2.75) is 38.8 Å². The number of hydrogen-bond donors (Lipinski definition) is 1. The van der Waals surface area contributed by atoms with Gasteiger partial charge in [0.15, 0.2) is 0 Å². The Hall–Kier alpha value is -2.55. The van der Waals surface area contributed by atoms with E-state index in [1.807, 2.05) is 30.3 Å². The van der Waals surface area contributed by atoms with Crippen LogP contribution in [0.2, 0.25) is 0 Å². The largest absolute Gasteiger partial charge is 0.445 e. The lowest BCUT2D eigenvalue weighted by atomic mass is 9.98. The zero-order valence-corrected chi connectivity index (χ0v) is 14.4. The second kappa shape index (κ2) is 8.92. The molecule has 2 rings (SSSR count). The third kappa shape index (κ3) is 5.27. The van der Waals surface area contributed by atoms with Crippen LogP contribution in [0, 0.1) is 0 Å². The number of amides is 1. The van der Waals surface area contributed by atoms with Crippen molar-refractivity contribution in [1.82, 2.24) is 5.32 Å². The lowest BCUT2D eigenvalue weighted by Crippen LogP contribution is -2.28. The van der Waals surface area contributed by atoms with Gasteiger partial charge in [-0.05, 0) is 29.0 Å². The summed E-state index contributed by atoms with van der Waals surface area (Å²) in [6.07, 6.45) is 2.04. The third-order valence-corrected chi connectivity index (χ3v) is 3.91. The van der Waals surface area contributed by atoms with E-state index >= 15 is 0 Å². The van der Waals surface area contributed by atoms with Gasteiger partial charge >= 0.3 is 6.09 Å². The second-order valence-corrected chi connectivity index (χ2v) is 6.10. The summed E-state index contributed by atoms with van der Waals surface area (Å²) in [7, 11) is 0. The van der Waals surface area contributed by atoms with Gasteiger partial charge in [0.25, 0.3) is 0 Å². The summed E-state index contributed by atoms with van der Waals surface area (Å²) in [5.74, 6) is 0.487. The fraction of sp³-hybridized carbons (Fsp3) is 0.286. The lowest BCUT2D eigenvalue weighted by Gasteiger charge is -2.18. The highest BCUT2D eigenvalue weighted by Gasteiger charge is 2.14. The maximum atomic E-state index is 12.1. The van der Waals surface area contributed by atoms with Crippen molar-refractivity contribution in [3.8, 4) is 0 Å². The molecule has 24 heavy (non-hydrogen) atoms. The van der Waals surface area contributed by atoms with Crippen LogP contribution in [0.1, 0.15) is 48.9 Å². The summed E-state index contributed by atoms with van der Waals surface area (Å²) in [6, 6.07) is 17.8. The lowest BCUT2D eigenvalue weighted by molar-refractivity contribution is 0.135. The van der Waals surface area contributed by atoms with Gasteiger partial charge < -0.3 is 10.1 Å². The second-order valence-electron chi connectivity index (χ2n) is 6.10. The van der Waals surface area contributed by atoms with Crippen LogP contribution >= 0.6 is 0 Å². The summed E-state index contributed by atoms with van der Waals surface area (Å²) >= 11 is 0. The average molecular weight is 323 g/mol. The number of carbonyl (C=O) groups is 1. The Bertz CT molecular complexity index is 647. The van der Waals surface area contributed by atoms with Crippen LogP contribution in [0.15, 0.2) is 67.3 Å². The number of ether oxygens (including phenoxy) is 1. The Kier molecular flexibility index (Phi) is 6.62. The Morgan fingerprint density at radius 3 is 2.29 bits per heavy atom. The van der Waals surface area contributed by atoms with Crippen molar-refractivity contribution in [1.29, 1.82) is 0 Å². The molecule has 0 spiro atoms. The first kappa shape index (κ1) is 17.8. The number of benzene rings is 2. The SMILES string of the molecule is C=CCC(NC(=O)OCc1ccccc1)c1ccc(C(C)C)cc1. The van der Waals surface area contributed by atoms with Crippen LogP contribution in [0.25, 0.3) is 0 Å². The highest BCUT2D eigenvalue weighted by molar-refractivity contribution is 5.68. The van der Waals surface area contributed by atoms with Crippen LogP contribution in [-0.4, -0.2) is 6.09 Å². The minimum Gasteiger partial charge on any atom is -0.445 e. The molecular formula is C21H25NO2. The number of alkyl carbamates (subject to hydrolysis) is 1. The van der Waals surface area contributed by atoms with Crippen LogP contribution in [0.4, 0.5) is 4.79 Å². The Balaban J connectivity index is 1.96. The third-order valence-electron chi connectivity index (χ3n) is 3.91. The van der Waals surface area contributed by atoms with Crippen molar-refractivity contribution in [3.05, 3.63) is 83.9 Å². The van der Waals surface area contributed by atoms with Crippen LogP contribution in [0.3, 0.4) is 0 Å². The van der Waals surface area contributed by atoms with Crippen molar-refractivity contribution in [3.63, 3.8) is 0 Å². The maximum absolute atomic E-state index is 12.1. The van der Waals surface area contributed by atoms with Gasteiger partial charge in [0, 0.05) is 0 Å². The molecule has 1 amide bonds. The minimum atomic E-state index is -0.418. The number of hydrogen-bond acceptors (Lipinski definition) is 2. The molecule has 0 aliphatic carbocycles. The zero-order chi connectivity index (χ0) is 17.4. The Labute approximate surface area is 144 Å². The molecule has 3 nitrogen and oxygen atoms in total. The minimum absolute atomic E-state index is 0.132. The highest BCUT2D eigenvalue weighted by atomic mass is 16.5. The molecule has 0 fully saturated rings. The van der Waals surface area contributed by atoms with Gasteiger partial charge in [0.1, 0.15) is 6.61 Å². The fourth-order valence-electron chi connectivity index (χ4n) is 2.47. The van der Waals surface area contributed by atoms with Crippen molar-refractivity contribution in [2.24, 2.45) is 0 Å². The van der Waals surface area contributed by atoms with Crippen molar-refractivity contribution >= 4 is 6.09 Å². The van der Waals surface area contributed by atoms with Crippen molar-refractivity contribution in [2.75, 3.05) is 0 Å². The van der Waals surface area contributed by atoms with Gasteiger partial charge in [-0.1, -0.05) is 74.5 Å². The van der Waals surface area contributed by atoms with Crippen LogP contribution < -0.4 is 5.32 Å². The summed E-state index contributed by atoms with van der Waals surface area (Å²) in [5, 5.41) is 2.92. The molecule has 2 aromatic carbocycles. The van der Waals surface area contributed by atoms with Gasteiger partial charge in [-0.3, -0.25) is 0 Å². The molecule has 0 saturated heterocycles. The molecule has 1 unspecified atom stereocenters. The van der Waals surface area contributed by atoms with E-state index in [-0.39, 0.29) is 12.6 Å². The number of rotatable bonds is 7. The first-order chi connectivity index (χ1) is 11.6. The highest BCUT2D eigenvalue weighted by Crippen LogP contribution is 2.21. The maximum Gasteiger partial charge on any atom is 0.407 e. The Morgan fingerprint density at radius 2 is 1.71 bits per heavy atom. The van der Waals surface area contributed by atoms with E-state index in [0.29, 0.717) is 12.3 Å². The van der Waals surface area contributed by atoms with Gasteiger partial charge in [0.05, 0.1) is 6.04 Å². The number of carbonyl (C=O) groups excluding carboxylic acids is 1. The van der Waals surface area contributed by atoms with E-state index in [1.165, 1.54) is 5.56 Å². The van der Waals surface area contributed by atoms with Gasteiger partial charge in [-0.15, -0.1) is 6.58 Å². The molecule has 0 aromatic heterocycles. The molecular weight excluding hydrogens is 298 g/mol.